The number of aryl methyl sites for hydroxylation is 1. The smallest absolute Gasteiger partial charge is 0.179 e. The minimum Gasteiger partial charge on any atom is -0.593 e. The first-order chi connectivity index (χ1) is 12.3. The lowest BCUT2D eigenvalue weighted by Crippen LogP contribution is -2.29. The fourth-order valence-electron chi connectivity index (χ4n) is 3.07. The number of rotatable bonds is 4. The Labute approximate surface area is 154 Å². The summed E-state index contributed by atoms with van der Waals surface area (Å²) in [5, 5.41) is 0. The number of halogens is 1. The Balaban J connectivity index is 1.81. The molecule has 0 aliphatic carbocycles. The van der Waals surface area contributed by atoms with Crippen LogP contribution in [-0.4, -0.2) is 41.0 Å². The second-order valence-electron chi connectivity index (χ2n) is 6.75. The van der Waals surface area contributed by atoms with E-state index in [-0.39, 0.29) is 10.7 Å². The molecule has 0 amide bonds. The quantitative estimate of drug-likeness (QED) is 0.768. The number of ether oxygens (including phenoxy) is 1. The van der Waals surface area contributed by atoms with Gasteiger partial charge in [0, 0.05) is 45.4 Å². The second-order valence-corrected chi connectivity index (χ2v) is 8.90. The van der Waals surface area contributed by atoms with E-state index in [1.165, 1.54) is 24.5 Å². The molecule has 1 aliphatic rings. The molecule has 0 aromatic heterocycles. The average Bonchev–Trinajstić information content (AvgIpc) is 2.74. The molecular weight excluding hydrogens is 355 g/mol. The molecule has 0 radical (unpaired) electrons. The Morgan fingerprint density at radius 3 is 2.73 bits per heavy atom. The highest BCUT2D eigenvalue weighted by molar-refractivity contribution is 7.95. The Kier molecular flexibility index (Phi) is 5.43. The van der Waals surface area contributed by atoms with Crippen molar-refractivity contribution in [3.8, 4) is 5.75 Å². The van der Waals surface area contributed by atoms with Crippen LogP contribution in [-0.2, 0) is 27.7 Å². The molecule has 0 fully saturated rings. The van der Waals surface area contributed by atoms with E-state index < -0.39 is 10.4 Å². The van der Waals surface area contributed by atoms with Gasteiger partial charge in [0.15, 0.2) is 15.3 Å². The van der Waals surface area contributed by atoms with Gasteiger partial charge in [-0.1, -0.05) is 10.3 Å². The van der Waals surface area contributed by atoms with Gasteiger partial charge < -0.3 is 9.29 Å². The molecule has 26 heavy (non-hydrogen) atoms. The minimum absolute atomic E-state index is 0.218. The predicted molar refractivity (Wildman–Crippen MR) is 98.0 cm³/mol. The topological polar surface area (TPSA) is 55.8 Å². The van der Waals surface area contributed by atoms with Crippen molar-refractivity contribution < 1.29 is 17.9 Å². The van der Waals surface area contributed by atoms with Crippen molar-refractivity contribution in [3.05, 3.63) is 58.9 Å². The van der Waals surface area contributed by atoms with Crippen LogP contribution < -0.4 is 4.74 Å². The molecule has 1 heterocycles. The zero-order valence-electron chi connectivity index (χ0n) is 15.2. The molecule has 0 saturated carbocycles. The molecule has 0 spiro atoms. The summed E-state index contributed by atoms with van der Waals surface area (Å²) in [7, 11) is -0.487. The van der Waals surface area contributed by atoms with Gasteiger partial charge in [0.25, 0.3) is 0 Å². The summed E-state index contributed by atoms with van der Waals surface area (Å²) in [4.78, 5) is 2.38. The van der Waals surface area contributed by atoms with Gasteiger partial charge in [-0.15, -0.1) is 4.31 Å². The average molecular weight is 378 g/mol. The van der Waals surface area contributed by atoms with Gasteiger partial charge in [-0.05, 0) is 42.3 Å². The molecule has 0 N–H and O–H groups in total. The molecule has 140 valence electrons. The summed E-state index contributed by atoms with van der Waals surface area (Å²) in [5.74, 6) is 0.357. The third-order valence-corrected chi connectivity index (χ3v) is 6.20. The van der Waals surface area contributed by atoms with Crippen molar-refractivity contribution in [2.45, 2.75) is 24.9 Å². The summed E-state index contributed by atoms with van der Waals surface area (Å²) < 4.78 is 45.2. The maximum Gasteiger partial charge on any atom is 0.179 e. The number of benzene rings is 2. The molecule has 5 nitrogen and oxygen atoms in total. The fourth-order valence-corrected chi connectivity index (χ4v) is 3.99. The first-order valence-electron chi connectivity index (χ1n) is 8.42. The lowest BCUT2D eigenvalue weighted by molar-refractivity contribution is 0.219. The van der Waals surface area contributed by atoms with Crippen LogP contribution in [0.5, 0.6) is 5.75 Å². The highest BCUT2D eigenvalue weighted by Gasteiger charge is 2.26. The lowest BCUT2D eigenvalue weighted by atomic mass is 10.1. The maximum absolute atomic E-state index is 13.6. The first kappa shape index (κ1) is 19.0. The van der Waals surface area contributed by atoms with Crippen molar-refractivity contribution in [1.82, 2.24) is 9.21 Å². The molecule has 7 heteroatoms. The third-order valence-electron chi connectivity index (χ3n) is 4.38. The normalized spacial score (nSPS) is 17.3. The summed E-state index contributed by atoms with van der Waals surface area (Å²) in [6.45, 7) is 4.24. The number of fused-ring (bicyclic) bond motifs is 1. The van der Waals surface area contributed by atoms with Crippen LogP contribution in [0.15, 0.2) is 41.3 Å². The molecule has 3 rings (SSSR count). The number of hydrogen-bond donors (Lipinski definition) is 0. The van der Waals surface area contributed by atoms with E-state index in [4.69, 9.17) is 4.74 Å². The monoisotopic (exact) mass is 378 g/mol. The van der Waals surface area contributed by atoms with Crippen LogP contribution in [0.1, 0.15) is 16.7 Å². The molecule has 2 aromatic carbocycles. The molecule has 2 aromatic rings. The van der Waals surface area contributed by atoms with Crippen LogP contribution >= 0.6 is 0 Å². The van der Waals surface area contributed by atoms with Gasteiger partial charge in [0.1, 0.15) is 18.2 Å². The molecular formula is C19H23FN2O3S. The second kappa shape index (κ2) is 7.44. The zero-order chi connectivity index (χ0) is 18.9. The van der Waals surface area contributed by atoms with E-state index in [0.29, 0.717) is 32.0 Å². The Hall–Kier alpha value is -1.80. The maximum atomic E-state index is 13.6. The van der Waals surface area contributed by atoms with E-state index in [1.54, 1.807) is 24.3 Å². The summed E-state index contributed by atoms with van der Waals surface area (Å²) in [6.07, 6.45) is 0. The zero-order valence-corrected chi connectivity index (χ0v) is 16.0. The lowest BCUT2D eigenvalue weighted by Gasteiger charge is -2.21. The van der Waals surface area contributed by atoms with Crippen LogP contribution in [0.4, 0.5) is 4.39 Å². The summed E-state index contributed by atoms with van der Waals surface area (Å²) in [5.41, 5.74) is 2.73. The molecule has 0 saturated heterocycles. The highest BCUT2D eigenvalue weighted by Crippen LogP contribution is 2.29. The van der Waals surface area contributed by atoms with Gasteiger partial charge >= 0.3 is 0 Å². The van der Waals surface area contributed by atoms with Crippen molar-refractivity contribution in [2.24, 2.45) is 0 Å². The number of hydrogen-bond acceptors (Lipinski definition) is 4. The van der Waals surface area contributed by atoms with Crippen LogP contribution in [0.3, 0.4) is 0 Å². The van der Waals surface area contributed by atoms with Gasteiger partial charge in [-0.25, -0.2) is 4.39 Å². The molecule has 1 aliphatic heterocycles. The molecule has 1 atom stereocenters. The highest BCUT2D eigenvalue weighted by atomic mass is 32.3. The van der Waals surface area contributed by atoms with Crippen molar-refractivity contribution >= 4 is 10.4 Å². The standard InChI is InChI=1S/C19H23FN2O3S/c1-14-8-15(10-17(20)9-14)12-22-6-7-25-19-11-18(5-4-16(19)13-22)26(23,24)21(2)3/h4-5,8-11H,6-7,12-13H2,1-3H3. The van der Waals surface area contributed by atoms with Crippen LogP contribution in [0.25, 0.3) is 0 Å². The van der Waals surface area contributed by atoms with Gasteiger partial charge in [0.05, 0.1) is 0 Å². The third kappa shape index (κ3) is 4.12. The van der Waals surface area contributed by atoms with Crippen molar-refractivity contribution in [2.75, 3.05) is 27.2 Å². The number of nitrogens with zero attached hydrogens (tertiary/aromatic N) is 2. The summed E-state index contributed by atoms with van der Waals surface area (Å²) in [6, 6.07) is 10.0. The van der Waals surface area contributed by atoms with Gasteiger partial charge in [0.2, 0.25) is 0 Å². The number of sulfonamides is 1. The van der Waals surface area contributed by atoms with Crippen LogP contribution in [0.2, 0.25) is 0 Å². The SMILES string of the molecule is Cc1cc(F)cc(CN2CCOc3cc([S+](=O)([O-])N(C)C)ccc3C2)c1. The molecule has 1 unspecified atom stereocenters. The van der Waals surface area contributed by atoms with E-state index in [2.05, 4.69) is 4.90 Å². The first-order valence-corrected chi connectivity index (χ1v) is 9.86. The molecule has 0 bridgehead atoms. The van der Waals surface area contributed by atoms with E-state index in [1.807, 2.05) is 13.0 Å². The van der Waals surface area contributed by atoms with E-state index in [0.717, 1.165) is 16.7 Å². The summed E-state index contributed by atoms with van der Waals surface area (Å²) >= 11 is 0. The Morgan fingerprint density at radius 1 is 1.27 bits per heavy atom. The van der Waals surface area contributed by atoms with E-state index in [9.17, 15) is 13.2 Å². The van der Waals surface area contributed by atoms with Crippen molar-refractivity contribution in [1.29, 1.82) is 0 Å². The fraction of sp³-hybridized carbons (Fsp3) is 0.368. The minimum atomic E-state index is -3.50. The predicted octanol–water partition coefficient (Wildman–Crippen LogP) is 2.99. The van der Waals surface area contributed by atoms with Gasteiger partial charge in [-0.3, -0.25) is 4.90 Å². The van der Waals surface area contributed by atoms with Crippen molar-refractivity contribution in [3.63, 3.8) is 0 Å². The van der Waals surface area contributed by atoms with Crippen LogP contribution in [0, 0.1) is 12.7 Å². The largest absolute Gasteiger partial charge is 0.593 e. The van der Waals surface area contributed by atoms with E-state index >= 15 is 0 Å². The Bertz CT molecular complexity index is 836. The Morgan fingerprint density at radius 2 is 2.04 bits per heavy atom. The van der Waals surface area contributed by atoms with Gasteiger partial charge in [-0.2, -0.15) is 0 Å².